The number of hydrogen-bond donors (Lipinski definition) is 2. The van der Waals surface area contributed by atoms with Gasteiger partial charge in [0.2, 0.25) is 17.7 Å². The quantitative estimate of drug-likeness (QED) is 0.843. The fourth-order valence-electron chi connectivity index (χ4n) is 4.09. The fourth-order valence-corrected chi connectivity index (χ4v) is 4.09. The van der Waals surface area contributed by atoms with Gasteiger partial charge in [-0.2, -0.15) is 0 Å². The average molecular weight is 339 g/mol. The molecule has 1 aromatic carbocycles. The lowest BCUT2D eigenvalue weighted by atomic mass is 9.81. The van der Waals surface area contributed by atoms with Gasteiger partial charge in [0.15, 0.2) is 0 Å². The Labute approximate surface area is 145 Å². The fraction of sp³-hybridized carbons (Fsp3) is 0.421. The third kappa shape index (κ3) is 2.81. The van der Waals surface area contributed by atoms with Crippen LogP contribution in [0.25, 0.3) is 10.9 Å². The number of carbonyl (C=O) groups excluding carboxylic acids is 3. The molecule has 0 spiro atoms. The third-order valence-electron chi connectivity index (χ3n) is 5.27. The van der Waals surface area contributed by atoms with Crippen molar-refractivity contribution in [3.63, 3.8) is 0 Å². The Morgan fingerprint density at radius 1 is 1.16 bits per heavy atom. The molecule has 2 N–H and O–H groups in total. The van der Waals surface area contributed by atoms with Crippen LogP contribution in [0.3, 0.4) is 0 Å². The number of amides is 3. The number of rotatable bonds is 3. The van der Waals surface area contributed by atoms with E-state index in [9.17, 15) is 14.4 Å². The van der Waals surface area contributed by atoms with E-state index in [1.54, 1.807) is 0 Å². The van der Waals surface area contributed by atoms with Gasteiger partial charge in [0.25, 0.3) is 0 Å². The van der Waals surface area contributed by atoms with Crippen LogP contribution >= 0.6 is 0 Å². The Kier molecular flexibility index (Phi) is 3.82. The van der Waals surface area contributed by atoms with Crippen LogP contribution in [0.15, 0.2) is 24.3 Å². The van der Waals surface area contributed by atoms with Crippen molar-refractivity contribution in [2.75, 3.05) is 11.9 Å². The normalized spacial score (nSPS) is 23.2. The van der Waals surface area contributed by atoms with Crippen molar-refractivity contribution in [2.24, 2.45) is 11.8 Å². The lowest BCUT2D eigenvalue weighted by molar-refractivity contribution is -0.142. The van der Waals surface area contributed by atoms with Crippen molar-refractivity contribution in [1.82, 2.24) is 9.88 Å². The highest BCUT2D eigenvalue weighted by Crippen LogP contribution is 2.37. The number of fused-ring (bicyclic) bond motifs is 2. The Morgan fingerprint density at radius 3 is 2.52 bits per heavy atom. The molecule has 0 bridgehead atoms. The summed E-state index contributed by atoms with van der Waals surface area (Å²) in [6.45, 7) is 1.77. The molecular weight excluding hydrogens is 318 g/mol. The number of aromatic amines is 1. The largest absolute Gasteiger partial charge is 0.359 e. The van der Waals surface area contributed by atoms with E-state index < -0.39 is 0 Å². The Balaban J connectivity index is 1.46. The summed E-state index contributed by atoms with van der Waals surface area (Å²) in [7, 11) is 0. The van der Waals surface area contributed by atoms with Crippen molar-refractivity contribution in [3.8, 4) is 0 Å². The zero-order valence-corrected chi connectivity index (χ0v) is 14.2. The molecule has 1 saturated heterocycles. The van der Waals surface area contributed by atoms with E-state index in [0.717, 1.165) is 47.2 Å². The molecule has 25 heavy (non-hydrogen) atoms. The maximum Gasteiger partial charge on any atom is 0.244 e. The Hall–Kier alpha value is -2.63. The van der Waals surface area contributed by atoms with Gasteiger partial charge in [-0.15, -0.1) is 0 Å². The summed E-state index contributed by atoms with van der Waals surface area (Å²) in [5.41, 5.74) is 2.71. The summed E-state index contributed by atoms with van der Waals surface area (Å²) in [4.78, 5) is 41.6. The highest BCUT2D eigenvalue weighted by molar-refractivity contribution is 6.08. The highest BCUT2D eigenvalue weighted by Gasteiger charge is 2.48. The molecule has 3 amide bonds. The number of likely N-dealkylation sites (tertiary alicyclic amines) is 1. The first-order valence-corrected chi connectivity index (χ1v) is 8.77. The van der Waals surface area contributed by atoms with Gasteiger partial charge in [0.1, 0.15) is 6.54 Å². The number of imide groups is 1. The Morgan fingerprint density at radius 2 is 1.84 bits per heavy atom. The topological polar surface area (TPSA) is 82.3 Å². The standard InChI is InChI=1S/C19H21N3O3/c1-11-8-12-9-13(6-7-16(12)20-11)21-17(23)10-22-18(24)14-4-2-3-5-15(14)19(22)25/h6-9,14-15,20H,2-5,10H2,1H3,(H,21,23)/t14-,15+. The molecule has 6 heteroatoms. The summed E-state index contributed by atoms with van der Waals surface area (Å²) in [6, 6.07) is 7.59. The molecule has 2 aliphatic rings. The third-order valence-corrected chi connectivity index (χ3v) is 5.27. The molecule has 1 aliphatic carbocycles. The van der Waals surface area contributed by atoms with Crippen LogP contribution in [0.4, 0.5) is 5.69 Å². The predicted molar refractivity (Wildman–Crippen MR) is 93.8 cm³/mol. The molecule has 2 atom stereocenters. The maximum absolute atomic E-state index is 12.4. The average Bonchev–Trinajstić information content (AvgIpc) is 3.07. The smallest absolute Gasteiger partial charge is 0.244 e. The van der Waals surface area contributed by atoms with Gasteiger partial charge in [-0.25, -0.2) is 0 Å². The molecule has 6 nitrogen and oxygen atoms in total. The van der Waals surface area contributed by atoms with Crippen LogP contribution < -0.4 is 5.32 Å². The van der Waals surface area contributed by atoms with Crippen molar-refractivity contribution in [1.29, 1.82) is 0 Å². The van der Waals surface area contributed by atoms with Crippen molar-refractivity contribution < 1.29 is 14.4 Å². The molecule has 130 valence electrons. The number of nitrogens with zero attached hydrogens (tertiary/aromatic N) is 1. The van der Waals surface area contributed by atoms with Gasteiger partial charge in [-0.05, 0) is 44.0 Å². The molecule has 2 heterocycles. The van der Waals surface area contributed by atoms with E-state index in [4.69, 9.17) is 0 Å². The summed E-state index contributed by atoms with van der Waals surface area (Å²) in [6.07, 6.45) is 3.49. The number of aromatic nitrogens is 1. The van der Waals surface area contributed by atoms with Crippen LogP contribution in [0.5, 0.6) is 0 Å². The van der Waals surface area contributed by atoms with Crippen molar-refractivity contribution in [3.05, 3.63) is 30.0 Å². The number of anilines is 1. The van der Waals surface area contributed by atoms with Gasteiger partial charge in [-0.1, -0.05) is 12.8 Å². The minimum Gasteiger partial charge on any atom is -0.359 e. The first kappa shape index (κ1) is 15.9. The highest BCUT2D eigenvalue weighted by atomic mass is 16.2. The molecule has 1 aromatic heterocycles. The zero-order valence-electron chi connectivity index (χ0n) is 14.2. The van der Waals surface area contributed by atoms with Gasteiger partial charge in [0.05, 0.1) is 11.8 Å². The van der Waals surface area contributed by atoms with E-state index in [0.29, 0.717) is 5.69 Å². The van der Waals surface area contributed by atoms with Crippen LogP contribution in [0, 0.1) is 18.8 Å². The van der Waals surface area contributed by atoms with Crippen LogP contribution in [0.1, 0.15) is 31.4 Å². The minimum absolute atomic E-state index is 0.179. The number of H-pyrrole nitrogens is 1. The van der Waals surface area contributed by atoms with E-state index >= 15 is 0 Å². The monoisotopic (exact) mass is 339 g/mol. The van der Waals surface area contributed by atoms with Crippen molar-refractivity contribution >= 4 is 34.3 Å². The molecule has 1 saturated carbocycles. The van der Waals surface area contributed by atoms with E-state index in [2.05, 4.69) is 10.3 Å². The number of hydrogen-bond acceptors (Lipinski definition) is 3. The molecular formula is C19H21N3O3. The number of nitrogens with one attached hydrogen (secondary N) is 2. The maximum atomic E-state index is 12.4. The summed E-state index contributed by atoms with van der Waals surface area (Å²) >= 11 is 0. The molecule has 1 aliphatic heterocycles. The van der Waals surface area contributed by atoms with Gasteiger partial charge < -0.3 is 10.3 Å². The van der Waals surface area contributed by atoms with Crippen molar-refractivity contribution in [2.45, 2.75) is 32.6 Å². The second-order valence-electron chi connectivity index (χ2n) is 7.06. The van der Waals surface area contributed by atoms with E-state index in [1.165, 1.54) is 0 Å². The first-order valence-electron chi connectivity index (χ1n) is 8.77. The molecule has 0 radical (unpaired) electrons. The Bertz CT molecular complexity index is 846. The van der Waals surface area contributed by atoms with Crippen LogP contribution in [-0.4, -0.2) is 34.2 Å². The second-order valence-corrected chi connectivity index (χ2v) is 7.06. The molecule has 2 fully saturated rings. The van der Waals surface area contributed by atoms with E-state index in [-0.39, 0.29) is 36.1 Å². The van der Waals surface area contributed by atoms with Crippen LogP contribution in [-0.2, 0) is 14.4 Å². The SMILES string of the molecule is Cc1cc2cc(NC(=O)CN3C(=O)[C@H]4CCCC[C@H]4C3=O)ccc2[nH]1. The molecule has 0 unspecified atom stereocenters. The second kappa shape index (κ2) is 6.02. The number of aryl methyl sites for hydroxylation is 1. The molecule has 2 aromatic rings. The number of benzene rings is 1. The summed E-state index contributed by atoms with van der Waals surface area (Å²) in [5, 5.41) is 3.80. The summed E-state index contributed by atoms with van der Waals surface area (Å²) in [5.74, 6) is -1.13. The van der Waals surface area contributed by atoms with Gasteiger partial charge in [-0.3, -0.25) is 19.3 Å². The van der Waals surface area contributed by atoms with Gasteiger partial charge in [0, 0.05) is 22.3 Å². The first-order chi connectivity index (χ1) is 12.0. The van der Waals surface area contributed by atoms with Gasteiger partial charge >= 0.3 is 0 Å². The number of carbonyl (C=O) groups is 3. The zero-order chi connectivity index (χ0) is 17.6. The van der Waals surface area contributed by atoms with E-state index in [1.807, 2.05) is 31.2 Å². The summed E-state index contributed by atoms with van der Waals surface area (Å²) < 4.78 is 0. The molecule has 4 rings (SSSR count). The lowest BCUT2D eigenvalue weighted by Crippen LogP contribution is -2.38. The van der Waals surface area contributed by atoms with Crippen LogP contribution in [0.2, 0.25) is 0 Å². The lowest BCUT2D eigenvalue weighted by Gasteiger charge is -2.19. The minimum atomic E-state index is -0.341. The predicted octanol–water partition coefficient (Wildman–Crippen LogP) is 2.59.